The van der Waals surface area contributed by atoms with Gasteiger partial charge in [0, 0.05) is 5.54 Å². The molecule has 1 aromatic rings. The van der Waals surface area contributed by atoms with Crippen LogP contribution in [0.5, 0.6) is 5.75 Å². The fourth-order valence-electron chi connectivity index (χ4n) is 2.43. The Hall–Kier alpha value is -2.02. The second-order valence-electron chi connectivity index (χ2n) is 5.24. The molecule has 0 bridgehead atoms. The normalized spacial score (nSPS) is 16.6. The van der Waals surface area contributed by atoms with Gasteiger partial charge in [0.05, 0.1) is 11.6 Å². The SMILES string of the molecule is CC1(NC(=O)COc2ccc(C#N)cc2)CCCC1. The largest absolute Gasteiger partial charge is 0.484 e. The van der Waals surface area contributed by atoms with Crippen molar-refractivity contribution in [3.8, 4) is 11.8 Å². The zero-order valence-electron chi connectivity index (χ0n) is 11.1. The highest BCUT2D eigenvalue weighted by molar-refractivity contribution is 5.78. The minimum atomic E-state index is -0.0891. The molecule has 0 radical (unpaired) electrons. The van der Waals surface area contributed by atoms with Gasteiger partial charge in [0.1, 0.15) is 5.75 Å². The molecule has 1 aliphatic carbocycles. The molecular weight excluding hydrogens is 240 g/mol. The molecule has 0 saturated heterocycles. The van der Waals surface area contributed by atoms with E-state index in [4.69, 9.17) is 10.00 Å². The lowest BCUT2D eigenvalue weighted by atomic mass is 10.0. The van der Waals surface area contributed by atoms with Crippen LogP contribution in [0, 0.1) is 11.3 Å². The number of nitrogens with one attached hydrogen (secondary N) is 1. The van der Waals surface area contributed by atoms with Crippen LogP contribution in [0.2, 0.25) is 0 Å². The molecule has 100 valence electrons. The first-order chi connectivity index (χ1) is 9.11. The van der Waals surface area contributed by atoms with Gasteiger partial charge in [-0.1, -0.05) is 12.8 Å². The highest BCUT2D eigenvalue weighted by atomic mass is 16.5. The molecule has 1 amide bonds. The minimum absolute atomic E-state index is 0.0154. The number of nitrogens with zero attached hydrogens (tertiary/aromatic N) is 1. The standard InChI is InChI=1S/C15H18N2O2/c1-15(8-2-3-9-15)17-14(18)11-19-13-6-4-12(10-16)5-7-13/h4-7H,2-3,8-9,11H2,1H3,(H,17,18). The van der Waals surface area contributed by atoms with Crippen molar-refractivity contribution in [3.05, 3.63) is 29.8 Å². The van der Waals surface area contributed by atoms with Gasteiger partial charge in [-0.25, -0.2) is 0 Å². The van der Waals surface area contributed by atoms with E-state index in [1.165, 1.54) is 12.8 Å². The van der Waals surface area contributed by atoms with Crippen LogP contribution in [0.4, 0.5) is 0 Å². The van der Waals surface area contributed by atoms with Crippen molar-refractivity contribution < 1.29 is 9.53 Å². The Balaban J connectivity index is 1.81. The first-order valence-electron chi connectivity index (χ1n) is 6.55. The summed E-state index contributed by atoms with van der Waals surface area (Å²) < 4.78 is 5.40. The topological polar surface area (TPSA) is 62.1 Å². The van der Waals surface area contributed by atoms with Crippen LogP contribution in [0.15, 0.2) is 24.3 Å². The van der Waals surface area contributed by atoms with Crippen LogP contribution in [-0.4, -0.2) is 18.1 Å². The lowest BCUT2D eigenvalue weighted by Crippen LogP contribution is -2.45. The molecule has 1 saturated carbocycles. The van der Waals surface area contributed by atoms with Crippen molar-refractivity contribution >= 4 is 5.91 Å². The third-order valence-corrected chi connectivity index (χ3v) is 3.50. The van der Waals surface area contributed by atoms with Crippen molar-refractivity contribution in [1.82, 2.24) is 5.32 Å². The Bertz CT molecular complexity index is 482. The van der Waals surface area contributed by atoms with Gasteiger partial charge in [-0.2, -0.15) is 5.26 Å². The molecular formula is C15H18N2O2. The molecule has 19 heavy (non-hydrogen) atoms. The first-order valence-corrected chi connectivity index (χ1v) is 6.55. The van der Waals surface area contributed by atoms with E-state index in [1.54, 1.807) is 24.3 Å². The summed E-state index contributed by atoms with van der Waals surface area (Å²) in [6.07, 6.45) is 4.42. The molecule has 0 heterocycles. The molecule has 1 fully saturated rings. The van der Waals surface area contributed by atoms with E-state index in [0.717, 1.165) is 12.8 Å². The number of hydrogen-bond donors (Lipinski definition) is 1. The zero-order valence-corrected chi connectivity index (χ0v) is 11.1. The summed E-state index contributed by atoms with van der Waals surface area (Å²) in [6.45, 7) is 2.10. The predicted octanol–water partition coefficient (Wildman–Crippen LogP) is 2.39. The van der Waals surface area contributed by atoms with E-state index in [9.17, 15) is 4.79 Å². The van der Waals surface area contributed by atoms with E-state index in [0.29, 0.717) is 11.3 Å². The average Bonchev–Trinajstić information content (AvgIpc) is 2.83. The minimum Gasteiger partial charge on any atom is -0.484 e. The maximum absolute atomic E-state index is 11.8. The molecule has 4 nitrogen and oxygen atoms in total. The van der Waals surface area contributed by atoms with Gasteiger partial charge in [0.2, 0.25) is 0 Å². The zero-order chi connectivity index (χ0) is 13.7. The molecule has 0 aromatic heterocycles. The number of nitriles is 1. The van der Waals surface area contributed by atoms with Gasteiger partial charge in [0.25, 0.3) is 5.91 Å². The summed E-state index contributed by atoms with van der Waals surface area (Å²) in [5.74, 6) is 0.513. The van der Waals surface area contributed by atoms with E-state index in [2.05, 4.69) is 12.2 Å². The maximum Gasteiger partial charge on any atom is 0.258 e. The van der Waals surface area contributed by atoms with E-state index in [-0.39, 0.29) is 18.1 Å². The van der Waals surface area contributed by atoms with Crippen molar-refractivity contribution in [2.45, 2.75) is 38.1 Å². The molecule has 0 unspecified atom stereocenters. The third-order valence-electron chi connectivity index (χ3n) is 3.50. The molecule has 1 aromatic carbocycles. The number of ether oxygens (including phenoxy) is 1. The van der Waals surface area contributed by atoms with Crippen molar-refractivity contribution in [2.24, 2.45) is 0 Å². The summed E-state index contributed by atoms with van der Waals surface area (Å²) in [4.78, 5) is 11.8. The van der Waals surface area contributed by atoms with Crippen molar-refractivity contribution in [2.75, 3.05) is 6.61 Å². The fraction of sp³-hybridized carbons (Fsp3) is 0.467. The lowest BCUT2D eigenvalue weighted by Gasteiger charge is -2.25. The lowest BCUT2D eigenvalue weighted by molar-refractivity contribution is -0.124. The van der Waals surface area contributed by atoms with E-state index < -0.39 is 0 Å². The molecule has 0 spiro atoms. The number of carbonyl (C=O) groups is 1. The Kier molecular flexibility index (Phi) is 4.06. The number of amides is 1. The monoisotopic (exact) mass is 258 g/mol. The van der Waals surface area contributed by atoms with Crippen LogP contribution < -0.4 is 10.1 Å². The van der Waals surface area contributed by atoms with Crippen LogP contribution >= 0.6 is 0 Å². The molecule has 2 rings (SSSR count). The van der Waals surface area contributed by atoms with Gasteiger partial charge in [-0.3, -0.25) is 4.79 Å². The summed E-state index contributed by atoms with van der Waals surface area (Å²) in [5.41, 5.74) is 0.515. The summed E-state index contributed by atoms with van der Waals surface area (Å²) in [5, 5.41) is 11.7. The summed E-state index contributed by atoms with van der Waals surface area (Å²) in [6, 6.07) is 8.78. The van der Waals surface area contributed by atoms with Gasteiger partial charge in [0.15, 0.2) is 6.61 Å². The third kappa shape index (κ3) is 3.72. The Morgan fingerprint density at radius 3 is 2.58 bits per heavy atom. The Morgan fingerprint density at radius 2 is 2.00 bits per heavy atom. The number of rotatable bonds is 4. The molecule has 1 N–H and O–H groups in total. The summed E-state index contributed by atoms with van der Waals surface area (Å²) >= 11 is 0. The summed E-state index contributed by atoms with van der Waals surface area (Å²) in [7, 11) is 0. The highest BCUT2D eigenvalue weighted by Crippen LogP contribution is 2.28. The second kappa shape index (κ2) is 5.75. The number of benzene rings is 1. The van der Waals surface area contributed by atoms with Gasteiger partial charge in [-0.15, -0.1) is 0 Å². The van der Waals surface area contributed by atoms with Gasteiger partial charge < -0.3 is 10.1 Å². The highest BCUT2D eigenvalue weighted by Gasteiger charge is 2.29. The molecule has 1 aliphatic rings. The predicted molar refractivity (Wildman–Crippen MR) is 71.7 cm³/mol. The Labute approximate surface area is 113 Å². The van der Waals surface area contributed by atoms with E-state index in [1.807, 2.05) is 6.07 Å². The number of hydrogen-bond acceptors (Lipinski definition) is 3. The Morgan fingerprint density at radius 1 is 1.37 bits per heavy atom. The molecule has 0 aliphatic heterocycles. The molecule has 4 heteroatoms. The number of carbonyl (C=O) groups excluding carboxylic acids is 1. The van der Waals surface area contributed by atoms with Crippen LogP contribution in [-0.2, 0) is 4.79 Å². The second-order valence-corrected chi connectivity index (χ2v) is 5.24. The van der Waals surface area contributed by atoms with Gasteiger partial charge in [-0.05, 0) is 44.0 Å². The van der Waals surface area contributed by atoms with Gasteiger partial charge >= 0.3 is 0 Å². The van der Waals surface area contributed by atoms with Crippen LogP contribution in [0.3, 0.4) is 0 Å². The quantitative estimate of drug-likeness (QED) is 0.902. The average molecular weight is 258 g/mol. The van der Waals surface area contributed by atoms with Crippen LogP contribution in [0.1, 0.15) is 38.2 Å². The first kappa shape index (κ1) is 13.4. The fourth-order valence-corrected chi connectivity index (χ4v) is 2.43. The van der Waals surface area contributed by atoms with Crippen molar-refractivity contribution in [1.29, 1.82) is 5.26 Å². The molecule has 0 atom stereocenters. The van der Waals surface area contributed by atoms with Crippen molar-refractivity contribution in [3.63, 3.8) is 0 Å². The maximum atomic E-state index is 11.8. The van der Waals surface area contributed by atoms with E-state index >= 15 is 0 Å². The smallest absolute Gasteiger partial charge is 0.258 e. The van der Waals surface area contributed by atoms with Crippen LogP contribution in [0.25, 0.3) is 0 Å².